The topological polar surface area (TPSA) is 91.7 Å². The normalized spacial score (nSPS) is 15.6. The minimum atomic E-state index is -3.06. The van der Waals surface area contributed by atoms with Gasteiger partial charge in [-0.25, -0.2) is 0 Å². The Morgan fingerprint density at radius 3 is 2.69 bits per heavy atom. The summed E-state index contributed by atoms with van der Waals surface area (Å²) in [7, 11) is 1.32. The average Bonchev–Trinajstić information content (AvgIpc) is 3.28. The van der Waals surface area contributed by atoms with Gasteiger partial charge in [-0.05, 0) is 36.4 Å². The molecule has 1 heterocycles. The zero-order valence-electron chi connectivity index (χ0n) is 17.0. The molecule has 10 heteroatoms. The van der Waals surface area contributed by atoms with Crippen molar-refractivity contribution in [3.05, 3.63) is 59.7 Å². The fourth-order valence-corrected chi connectivity index (χ4v) is 4.19. The fourth-order valence-electron chi connectivity index (χ4n) is 3.03. The number of carbonyl (C=O) groups is 2. The highest BCUT2D eigenvalue weighted by Gasteiger charge is 2.33. The third-order valence-electron chi connectivity index (χ3n) is 4.59. The van der Waals surface area contributed by atoms with Crippen molar-refractivity contribution in [2.45, 2.75) is 12.7 Å². The lowest BCUT2D eigenvalue weighted by Gasteiger charge is -2.21. The first-order valence-corrected chi connectivity index (χ1v) is 10.6. The van der Waals surface area contributed by atoms with E-state index in [0.29, 0.717) is 22.9 Å². The molecule has 2 aromatic rings. The van der Waals surface area contributed by atoms with Gasteiger partial charge in [-0.15, -0.1) is 11.8 Å². The largest absolute Gasteiger partial charge is 0.493 e. The number of para-hydroxylation sites is 1. The number of nitriles is 1. The van der Waals surface area contributed by atoms with E-state index in [2.05, 4.69) is 10.1 Å². The highest BCUT2D eigenvalue weighted by atomic mass is 32.2. The van der Waals surface area contributed by atoms with Crippen molar-refractivity contribution in [3.63, 3.8) is 0 Å². The molecule has 0 aromatic heterocycles. The molecule has 166 valence electrons. The molecular weight excluding hydrogens is 440 g/mol. The molecule has 32 heavy (non-hydrogen) atoms. The maximum atomic E-state index is 12.8. The van der Waals surface area contributed by atoms with Crippen LogP contribution in [0.5, 0.6) is 11.5 Å². The molecule has 2 aromatic carbocycles. The molecule has 0 bridgehead atoms. The number of halogens is 2. The number of carbonyl (C=O) groups excluding carboxylic acids is 2. The number of nitrogens with one attached hydrogen (secondary N) is 1. The van der Waals surface area contributed by atoms with Gasteiger partial charge in [0.25, 0.3) is 0 Å². The van der Waals surface area contributed by atoms with Gasteiger partial charge < -0.3 is 19.7 Å². The van der Waals surface area contributed by atoms with Gasteiger partial charge in [0.2, 0.25) is 11.8 Å². The first-order valence-electron chi connectivity index (χ1n) is 9.42. The molecule has 0 spiro atoms. The fraction of sp³-hybridized carbons (Fsp3) is 0.227. The lowest BCUT2D eigenvalue weighted by molar-refractivity contribution is -0.132. The van der Waals surface area contributed by atoms with Crippen LogP contribution in [0.2, 0.25) is 0 Å². The number of hydrogen-bond donors (Lipinski definition) is 1. The molecule has 1 saturated heterocycles. The summed E-state index contributed by atoms with van der Waals surface area (Å²) in [5.41, 5.74) is 1.22. The van der Waals surface area contributed by atoms with E-state index in [1.165, 1.54) is 48.1 Å². The molecule has 1 aliphatic rings. The molecule has 1 atom stereocenters. The Bertz CT molecular complexity index is 1050. The average molecular weight is 459 g/mol. The third-order valence-corrected chi connectivity index (χ3v) is 5.60. The van der Waals surface area contributed by atoms with Gasteiger partial charge in [0.05, 0.1) is 24.6 Å². The lowest BCUT2D eigenvalue weighted by atomic mass is 10.1. The number of hydrogen-bond acceptors (Lipinski definition) is 6. The van der Waals surface area contributed by atoms with E-state index in [4.69, 9.17) is 10.00 Å². The summed E-state index contributed by atoms with van der Waals surface area (Å²) in [4.78, 5) is 26.8. The van der Waals surface area contributed by atoms with Crippen molar-refractivity contribution < 1.29 is 27.8 Å². The smallest absolute Gasteiger partial charge is 0.387 e. The number of alkyl halides is 2. The van der Waals surface area contributed by atoms with E-state index >= 15 is 0 Å². The summed E-state index contributed by atoms with van der Waals surface area (Å²) >= 11 is 1.43. The molecule has 0 aliphatic carbocycles. The third kappa shape index (κ3) is 5.56. The van der Waals surface area contributed by atoms with Crippen LogP contribution in [-0.2, 0) is 9.59 Å². The molecule has 0 radical (unpaired) electrons. The van der Waals surface area contributed by atoms with Gasteiger partial charge in [-0.3, -0.25) is 9.59 Å². The summed E-state index contributed by atoms with van der Waals surface area (Å²) in [6.07, 6.45) is 2.56. The van der Waals surface area contributed by atoms with Crippen LogP contribution in [0, 0.1) is 11.3 Å². The SMILES string of the molecule is COc1cccc(/C=C/C(=O)N2CSCC2C(=O)Nc2ccc(C#N)cc2)c1OC(F)F. The van der Waals surface area contributed by atoms with Crippen molar-refractivity contribution in [2.75, 3.05) is 24.1 Å². The van der Waals surface area contributed by atoms with Gasteiger partial charge in [0.1, 0.15) is 6.04 Å². The zero-order valence-corrected chi connectivity index (χ0v) is 17.8. The second-order valence-corrected chi connectivity index (χ2v) is 7.59. The van der Waals surface area contributed by atoms with Crippen LogP contribution in [0.3, 0.4) is 0 Å². The van der Waals surface area contributed by atoms with Crippen LogP contribution in [0.4, 0.5) is 14.5 Å². The van der Waals surface area contributed by atoms with Gasteiger partial charge in [-0.1, -0.05) is 12.1 Å². The maximum absolute atomic E-state index is 12.8. The molecule has 2 amide bonds. The lowest BCUT2D eigenvalue weighted by Crippen LogP contribution is -2.43. The number of anilines is 1. The molecule has 7 nitrogen and oxygen atoms in total. The molecule has 3 rings (SSSR count). The van der Waals surface area contributed by atoms with E-state index in [1.807, 2.05) is 6.07 Å². The summed E-state index contributed by atoms with van der Waals surface area (Å²) in [5.74, 6) is -0.144. The summed E-state index contributed by atoms with van der Waals surface area (Å²) in [5, 5.41) is 11.6. The predicted molar refractivity (Wildman–Crippen MR) is 116 cm³/mol. The molecular formula is C22H19F2N3O4S. The Labute approximate surface area is 187 Å². The van der Waals surface area contributed by atoms with Crippen molar-refractivity contribution in [1.82, 2.24) is 4.90 Å². The van der Waals surface area contributed by atoms with E-state index in [0.717, 1.165) is 0 Å². The van der Waals surface area contributed by atoms with E-state index in [9.17, 15) is 18.4 Å². The zero-order chi connectivity index (χ0) is 23.1. The van der Waals surface area contributed by atoms with Gasteiger partial charge in [0.15, 0.2) is 11.5 Å². The number of methoxy groups -OCH3 is 1. The van der Waals surface area contributed by atoms with Crippen molar-refractivity contribution in [3.8, 4) is 17.6 Å². The minimum Gasteiger partial charge on any atom is -0.493 e. The van der Waals surface area contributed by atoms with Crippen molar-refractivity contribution in [2.24, 2.45) is 0 Å². The Balaban J connectivity index is 1.72. The van der Waals surface area contributed by atoms with Gasteiger partial charge in [0, 0.05) is 23.1 Å². The molecule has 1 fully saturated rings. The van der Waals surface area contributed by atoms with Crippen LogP contribution in [0.15, 0.2) is 48.5 Å². The second-order valence-electron chi connectivity index (χ2n) is 6.59. The van der Waals surface area contributed by atoms with Gasteiger partial charge >= 0.3 is 6.61 Å². The number of amides is 2. The Hall–Kier alpha value is -3.58. The van der Waals surface area contributed by atoms with E-state index in [1.54, 1.807) is 30.3 Å². The Kier molecular flexibility index (Phi) is 7.68. The standard InChI is InChI=1S/C22H19F2N3O4S/c1-30-18-4-2-3-15(20(18)31-22(23)24)7-10-19(28)27-13-32-12-17(27)21(29)26-16-8-5-14(11-25)6-9-16/h2-10,17,22H,12-13H2,1H3,(H,26,29)/b10-7+. The Morgan fingerprint density at radius 2 is 2.03 bits per heavy atom. The molecule has 1 unspecified atom stereocenters. The number of thioether (sulfide) groups is 1. The second kappa shape index (κ2) is 10.6. The number of ether oxygens (including phenoxy) is 2. The monoisotopic (exact) mass is 459 g/mol. The maximum Gasteiger partial charge on any atom is 0.387 e. The first-order chi connectivity index (χ1) is 15.4. The van der Waals surface area contributed by atoms with Crippen LogP contribution >= 0.6 is 11.8 Å². The quantitative estimate of drug-likeness (QED) is 0.635. The van der Waals surface area contributed by atoms with Gasteiger partial charge in [-0.2, -0.15) is 14.0 Å². The van der Waals surface area contributed by atoms with E-state index in [-0.39, 0.29) is 23.0 Å². The van der Waals surface area contributed by atoms with Crippen LogP contribution < -0.4 is 14.8 Å². The number of nitrogens with zero attached hydrogens (tertiary/aromatic N) is 2. The molecule has 0 saturated carbocycles. The molecule has 1 N–H and O–H groups in total. The summed E-state index contributed by atoms with van der Waals surface area (Å²) < 4.78 is 35.2. The molecule has 1 aliphatic heterocycles. The first kappa shape index (κ1) is 23.1. The number of benzene rings is 2. The highest BCUT2D eigenvalue weighted by Crippen LogP contribution is 2.33. The van der Waals surface area contributed by atoms with Crippen LogP contribution in [-0.4, -0.2) is 48.1 Å². The van der Waals surface area contributed by atoms with Crippen molar-refractivity contribution >= 4 is 35.3 Å². The number of rotatable bonds is 7. The highest BCUT2D eigenvalue weighted by molar-refractivity contribution is 7.99. The van der Waals surface area contributed by atoms with Crippen LogP contribution in [0.1, 0.15) is 11.1 Å². The minimum absolute atomic E-state index is 0.108. The van der Waals surface area contributed by atoms with Crippen LogP contribution in [0.25, 0.3) is 6.08 Å². The summed E-state index contributed by atoms with van der Waals surface area (Å²) in [6, 6.07) is 12.2. The summed E-state index contributed by atoms with van der Waals surface area (Å²) in [6.45, 7) is -3.06. The predicted octanol–water partition coefficient (Wildman–Crippen LogP) is 3.72. The van der Waals surface area contributed by atoms with E-state index < -0.39 is 18.6 Å². The van der Waals surface area contributed by atoms with Crippen molar-refractivity contribution in [1.29, 1.82) is 5.26 Å². The Morgan fingerprint density at radius 1 is 1.28 bits per heavy atom.